The van der Waals surface area contributed by atoms with Crippen LogP contribution in [0.2, 0.25) is 0 Å². The molecule has 1 saturated carbocycles. The van der Waals surface area contributed by atoms with E-state index < -0.39 is 12.1 Å². The fourth-order valence-corrected chi connectivity index (χ4v) is 2.13. The normalized spacial score (nSPS) is 28.4. The molecule has 0 heterocycles. The summed E-state index contributed by atoms with van der Waals surface area (Å²) in [5.74, 6) is -0.846. The molecule has 1 aliphatic carbocycles. The first-order chi connectivity index (χ1) is 6.61. The van der Waals surface area contributed by atoms with Crippen LogP contribution in [0, 0.1) is 5.92 Å². The second-order valence-electron chi connectivity index (χ2n) is 4.00. The van der Waals surface area contributed by atoms with E-state index in [1.807, 2.05) is 0 Å². The molecule has 3 nitrogen and oxygen atoms in total. The minimum atomic E-state index is -0.896. The topological polar surface area (TPSA) is 57.5 Å². The zero-order chi connectivity index (χ0) is 10.6. The molecule has 0 aromatic carbocycles. The molecule has 2 N–H and O–H groups in total. The van der Waals surface area contributed by atoms with Gasteiger partial charge in [0.25, 0.3) is 0 Å². The second-order valence-corrected chi connectivity index (χ2v) is 4.00. The first-order valence-corrected chi connectivity index (χ1v) is 5.22. The molecule has 2 unspecified atom stereocenters. The average molecular weight is 198 g/mol. The lowest BCUT2D eigenvalue weighted by atomic mass is 9.89. The third kappa shape index (κ3) is 3.14. The van der Waals surface area contributed by atoms with Crippen LogP contribution in [-0.2, 0) is 4.79 Å². The van der Waals surface area contributed by atoms with Crippen LogP contribution in [0.15, 0.2) is 11.6 Å². The third-order valence-electron chi connectivity index (χ3n) is 2.85. The Labute approximate surface area is 84.4 Å². The van der Waals surface area contributed by atoms with E-state index in [0.29, 0.717) is 0 Å². The van der Waals surface area contributed by atoms with Gasteiger partial charge in [-0.1, -0.05) is 18.4 Å². The SMILES string of the molecule is CC(O)C1CCCCCC1=CC(=O)O. The fraction of sp³-hybridized carbons (Fsp3) is 0.727. The molecule has 0 radical (unpaired) electrons. The van der Waals surface area contributed by atoms with Crippen molar-refractivity contribution in [2.45, 2.75) is 45.1 Å². The summed E-state index contributed by atoms with van der Waals surface area (Å²) < 4.78 is 0. The van der Waals surface area contributed by atoms with Gasteiger partial charge in [0.1, 0.15) is 0 Å². The highest BCUT2D eigenvalue weighted by molar-refractivity contribution is 5.80. The van der Waals surface area contributed by atoms with E-state index in [1.54, 1.807) is 6.92 Å². The summed E-state index contributed by atoms with van der Waals surface area (Å²) >= 11 is 0. The number of rotatable bonds is 2. The quantitative estimate of drug-likeness (QED) is 0.526. The molecule has 0 spiro atoms. The van der Waals surface area contributed by atoms with Crippen molar-refractivity contribution in [3.8, 4) is 0 Å². The standard InChI is InChI=1S/C11H18O3/c1-8(12)10-6-4-2-3-5-9(10)7-11(13)14/h7-8,10,12H,2-6H2,1H3,(H,13,14). The lowest BCUT2D eigenvalue weighted by molar-refractivity contribution is -0.131. The van der Waals surface area contributed by atoms with Gasteiger partial charge in [0, 0.05) is 12.0 Å². The number of aliphatic carboxylic acids is 1. The first-order valence-electron chi connectivity index (χ1n) is 5.22. The van der Waals surface area contributed by atoms with Gasteiger partial charge in [-0.15, -0.1) is 0 Å². The molecule has 0 aromatic rings. The molecule has 14 heavy (non-hydrogen) atoms. The van der Waals surface area contributed by atoms with Crippen LogP contribution in [0.5, 0.6) is 0 Å². The van der Waals surface area contributed by atoms with E-state index in [0.717, 1.165) is 37.7 Å². The van der Waals surface area contributed by atoms with Gasteiger partial charge in [-0.2, -0.15) is 0 Å². The highest BCUT2D eigenvalue weighted by Crippen LogP contribution is 2.30. The van der Waals surface area contributed by atoms with Crippen LogP contribution >= 0.6 is 0 Å². The van der Waals surface area contributed by atoms with Gasteiger partial charge >= 0.3 is 5.97 Å². The lowest BCUT2D eigenvalue weighted by Crippen LogP contribution is -2.18. The van der Waals surface area contributed by atoms with Gasteiger partial charge in [0.2, 0.25) is 0 Å². The summed E-state index contributed by atoms with van der Waals surface area (Å²) in [6.07, 6.45) is 5.86. The van der Waals surface area contributed by atoms with Gasteiger partial charge in [0.05, 0.1) is 6.10 Å². The summed E-state index contributed by atoms with van der Waals surface area (Å²) in [6.45, 7) is 1.74. The summed E-state index contributed by atoms with van der Waals surface area (Å²) in [6, 6.07) is 0. The Bertz CT molecular complexity index is 231. The predicted molar refractivity (Wildman–Crippen MR) is 54.0 cm³/mol. The first kappa shape index (κ1) is 11.2. The minimum absolute atomic E-state index is 0.0496. The van der Waals surface area contributed by atoms with Gasteiger partial charge in [0.15, 0.2) is 0 Å². The molecular formula is C11H18O3. The van der Waals surface area contributed by atoms with Crippen molar-refractivity contribution in [1.29, 1.82) is 0 Å². The van der Waals surface area contributed by atoms with Crippen molar-refractivity contribution in [2.24, 2.45) is 5.92 Å². The predicted octanol–water partition coefficient (Wildman–Crippen LogP) is 1.96. The van der Waals surface area contributed by atoms with Crippen LogP contribution in [0.4, 0.5) is 0 Å². The Hall–Kier alpha value is -0.830. The molecule has 0 saturated heterocycles. The Morgan fingerprint density at radius 2 is 2.21 bits per heavy atom. The molecule has 1 rings (SSSR count). The maximum absolute atomic E-state index is 10.6. The molecule has 0 bridgehead atoms. The number of carboxylic acid groups (broad SMARTS) is 1. The van der Waals surface area contributed by atoms with Gasteiger partial charge in [-0.05, 0) is 26.2 Å². The van der Waals surface area contributed by atoms with E-state index >= 15 is 0 Å². The Balaban J connectivity index is 2.79. The van der Waals surface area contributed by atoms with E-state index in [-0.39, 0.29) is 5.92 Å². The van der Waals surface area contributed by atoms with Crippen molar-refractivity contribution in [2.75, 3.05) is 0 Å². The van der Waals surface area contributed by atoms with E-state index in [4.69, 9.17) is 5.11 Å². The Morgan fingerprint density at radius 3 is 2.79 bits per heavy atom. The number of hydrogen-bond acceptors (Lipinski definition) is 2. The van der Waals surface area contributed by atoms with Crippen molar-refractivity contribution < 1.29 is 15.0 Å². The highest BCUT2D eigenvalue weighted by atomic mass is 16.4. The summed E-state index contributed by atoms with van der Waals surface area (Å²) in [4.78, 5) is 10.6. The number of carbonyl (C=O) groups is 1. The van der Waals surface area contributed by atoms with Crippen LogP contribution in [0.25, 0.3) is 0 Å². The minimum Gasteiger partial charge on any atom is -0.478 e. The fourth-order valence-electron chi connectivity index (χ4n) is 2.13. The highest BCUT2D eigenvalue weighted by Gasteiger charge is 2.22. The largest absolute Gasteiger partial charge is 0.478 e. The summed E-state index contributed by atoms with van der Waals surface area (Å²) in [7, 11) is 0. The van der Waals surface area contributed by atoms with Crippen LogP contribution < -0.4 is 0 Å². The molecule has 0 aromatic heterocycles. The smallest absolute Gasteiger partial charge is 0.328 e. The Morgan fingerprint density at radius 1 is 1.50 bits per heavy atom. The summed E-state index contributed by atoms with van der Waals surface area (Å²) in [5.41, 5.74) is 0.907. The second kappa shape index (κ2) is 5.15. The van der Waals surface area contributed by atoms with E-state index in [2.05, 4.69) is 0 Å². The van der Waals surface area contributed by atoms with E-state index in [1.165, 1.54) is 6.08 Å². The lowest BCUT2D eigenvalue weighted by Gasteiger charge is -2.20. The van der Waals surface area contributed by atoms with Crippen LogP contribution in [-0.4, -0.2) is 22.3 Å². The zero-order valence-electron chi connectivity index (χ0n) is 8.57. The van der Waals surface area contributed by atoms with Crippen LogP contribution in [0.1, 0.15) is 39.0 Å². The van der Waals surface area contributed by atoms with Gasteiger partial charge in [-0.25, -0.2) is 4.79 Å². The van der Waals surface area contributed by atoms with Crippen molar-refractivity contribution in [1.82, 2.24) is 0 Å². The molecule has 1 aliphatic rings. The molecule has 2 atom stereocenters. The van der Waals surface area contributed by atoms with Crippen molar-refractivity contribution >= 4 is 5.97 Å². The van der Waals surface area contributed by atoms with E-state index in [9.17, 15) is 9.90 Å². The number of aliphatic hydroxyl groups excluding tert-OH is 1. The monoisotopic (exact) mass is 198 g/mol. The summed E-state index contributed by atoms with van der Waals surface area (Å²) in [5, 5.41) is 18.3. The maximum atomic E-state index is 10.6. The molecule has 0 aliphatic heterocycles. The van der Waals surface area contributed by atoms with Crippen molar-refractivity contribution in [3.05, 3.63) is 11.6 Å². The number of hydrogen-bond donors (Lipinski definition) is 2. The average Bonchev–Trinajstić information content (AvgIpc) is 2.28. The molecule has 3 heteroatoms. The molecule has 80 valence electrons. The third-order valence-corrected chi connectivity index (χ3v) is 2.85. The van der Waals surface area contributed by atoms with Crippen molar-refractivity contribution in [3.63, 3.8) is 0 Å². The number of carboxylic acids is 1. The molecular weight excluding hydrogens is 180 g/mol. The van der Waals surface area contributed by atoms with Gasteiger partial charge < -0.3 is 10.2 Å². The van der Waals surface area contributed by atoms with Crippen LogP contribution in [0.3, 0.4) is 0 Å². The number of aliphatic hydroxyl groups is 1. The maximum Gasteiger partial charge on any atom is 0.328 e. The molecule has 1 fully saturated rings. The Kier molecular flexibility index (Phi) is 4.14. The molecule has 0 amide bonds. The van der Waals surface area contributed by atoms with Gasteiger partial charge in [-0.3, -0.25) is 0 Å². The zero-order valence-corrected chi connectivity index (χ0v) is 8.57.